The van der Waals surface area contributed by atoms with Crippen LogP contribution in [0.1, 0.15) is 111 Å². The summed E-state index contributed by atoms with van der Waals surface area (Å²) >= 11 is 1.82. The molecule has 3 aliphatic heterocycles. The number of likely N-dealkylation sites (tertiary alicyclic amines) is 1. The van der Waals surface area contributed by atoms with Crippen LogP contribution < -0.4 is 4.90 Å². The van der Waals surface area contributed by atoms with E-state index in [2.05, 4.69) is 130 Å². The zero-order chi connectivity index (χ0) is 38.8. The third kappa shape index (κ3) is 6.61. The summed E-state index contributed by atoms with van der Waals surface area (Å²) in [6.07, 6.45) is 4.57. The Labute approximate surface area is 340 Å². The highest BCUT2D eigenvalue weighted by atomic mass is 32.1. The van der Waals surface area contributed by atoms with Gasteiger partial charge in [0.05, 0.1) is 5.71 Å². The van der Waals surface area contributed by atoms with Crippen LogP contribution in [0.3, 0.4) is 0 Å². The van der Waals surface area contributed by atoms with Crippen molar-refractivity contribution in [3.8, 4) is 10.8 Å². The van der Waals surface area contributed by atoms with E-state index in [1.54, 1.807) is 0 Å². The largest absolute Gasteiger partial charge is 0.508 e. The van der Waals surface area contributed by atoms with E-state index in [-0.39, 0.29) is 12.0 Å². The maximum Gasteiger partial charge on any atom is 0.162 e. The minimum absolute atomic E-state index is 0.0661. The molecule has 4 aromatic carbocycles. The average Bonchev–Trinajstić information content (AvgIpc) is 3.71. The van der Waals surface area contributed by atoms with Gasteiger partial charge in [0.2, 0.25) is 0 Å². The van der Waals surface area contributed by atoms with Gasteiger partial charge < -0.3 is 14.9 Å². The highest BCUT2D eigenvalue weighted by Crippen LogP contribution is 2.47. The van der Waals surface area contributed by atoms with Crippen LogP contribution in [0.4, 0.5) is 5.69 Å². The Balaban J connectivity index is 0.756. The molecule has 290 valence electrons. The van der Waals surface area contributed by atoms with Crippen LogP contribution in [0.5, 0.6) is 5.75 Å². The maximum absolute atomic E-state index is 10.2. The number of phenolic OH excluding ortho intramolecular Hbond substituents is 1. The van der Waals surface area contributed by atoms with Gasteiger partial charge in [0.1, 0.15) is 22.6 Å². The molecule has 57 heavy (non-hydrogen) atoms. The third-order valence-corrected chi connectivity index (χ3v) is 14.7. The first-order valence-electron chi connectivity index (χ1n) is 20.9. The van der Waals surface area contributed by atoms with E-state index in [1.807, 2.05) is 30.4 Å². The number of aromatic hydroxyl groups is 1. The summed E-state index contributed by atoms with van der Waals surface area (Å²) in [6, 6.07) is 35.7. The van der Waals surface area contributed by atoms with Crippen molar-refractivity contribution in [3.63, 3.8) is 0 Å². The van der Waals surface area contributed by atoms with Gasteiger partial charge in [-0.1, -0.05) is 72.8 Å². The number of aromatic nitrogens is 3. The van der Waals surface area contributed by atoms with Crippen LogP contribution in [0.25, 0.3) is 5.00 Å². The molecule has 2 fully saturated rings. The first-order chi connectivity index (χ1) is 27.8. The van der Waals surface area contributed by atoms with Gasteiger partial charge in [-0.15, -0.1) is 21.5 Å². The Bertz CT molecular complexity index is 2430. The molecule has 0 spiro atoms. The number of anilines is 1. The fourth-order valence-electron chi connectivity index (χ4n) is 10.2. The number of aryl methyl sites for hydroxylation is 3. The van der Waals surface area contributed by atoms with E-state index >= 15 is 0 Å². The highest BCUT2D eigenvalue weighted by Gasteiger charge is 2.34. The van der Waals surface area contributed by atoms with Crippen LogP contribution in [-0.2, 0) is 6.42 Å². The molecule has 5 heterocycles. The molecule has 0 saturated carbocycles. The van der Waals surface area contributed by atoms with Crippen molar-refractivity contribution in [3.05, 3.63) is 158 Å². The zero-order valence-electron chi connectivity index (χ0n) is 33.5. The number of nitrogens with zero attached hydrogens (tertiary/aromatic N) is 6. The minimum Gasteiger partial charge on any atom is -0.508 e. The van der Waals surface area contributed by atoms with Crippen molar-refractivity contribution in [2.45, 2.75) is 77.2 Å². The second-order valence-corrected chi connectivity index (χ2v) is 18.2. The van der Waals surface area contributed by atoms with Crippen molar-refractivity contribution in [2.24, 2.45) is 10.9 Å². The summed E-state index contributed by atoms with van der Waals surface area (Å²) in [5.41, 5.74) is 13.0. The quantitative estimate of drug-likeness (QED) is 0.175. The first-order valence-corrected chi connectivity index (χ1v) is 21.8. The number of hydrogen-bond acceptors (Lipinski definition) is 7. The summed E-state index contributed by atoms with van der Waals surface area (Å²) in [5, 5.41) is 20.4. The lowest BCUT2D eigenvalue weighted by Crippen LogP contribution is -2.48. The smallest absolute Gasteiger partial charge is 0.162 e. The fourth-order valence-corrected chi connectivity index (χ4v) is 11.4. The van der Waals surface area contributed by atoms with Crippen LogP contribution in [0.15, 0.2) is 102 Å². The molecule has 0 bridgehead atoms. The molecular weight excluding hydrogens is 721 g/mol. The molecule has 3 atom stereocenters. The predicted molar refractivity (Wildman–Crippen MR) is 232 cm³/mol. The average molecular weight is 773 g/mol. The number of fused-ring (bicyclic) bond motifs is 4. The number of rotatable bonds is 7. The topological polar surface area (TPSA) is 69.8 Å². The molecule has 6 aromatic rings. The summed E-state index contributed by atoms with van der Waals surface area (Å²) in [5.74, 6) is 4.25. The monoisotopic (exact) mass is 772 g/mol. The predicted octanol–water partition coefficient (Wildman–Crippen LogP) is 10.0. The SMILES string of the molecule is Cc1sc2c(c1C)C(c1ccc(C3CN(CC4CCN(c5ccc([C@@H]6c7ccc(O)cc7CC[C@@H]6c6ccccc6)cc5)CC4)C3)cc1)=N[C@@H](C)c1nnc(C)n1-2. The van der Waals surface area contributed by atoms with Gasteiger partial charge in [0.25, 0.3) is 0 Å². The van der Waals surface area contributed by atoms with E-state index in [1.165, 1.54) is 79.5 Å². The van der Waals surface area contributed by atoms with Gasteiger partial charge in [-0.25, -0.2) is 0 Å². The zero-order valence-corrected chi connectivity index (χ0v) is 34.3. The van der Waals surface area contributed by atoms with Crippen molar-refractivity contribution in [1.82, 2.24) is 19.7 Å². The summed E-state index contributed by atoms with van der Waals surface area (Å²) < 4.78 is 2.21. The van der Waals surface area contributed by atoms with Gasteiger partial charge in [0.15, 0.2) is 5.82 Å². The lowest BCUT2D eigenvalue weighted by atomic mass is 9.69. The van der Waals surface area contributed by atoms with Gasteiger partial charge in [0, 0.05) is 66.3 Å². The molecule has 0 radical (unpaired) electrons. The number of piperidine rings is 1. The van der Waals surface area contributed by atoms with Crippen molar-refractivity contribution >= 4 is 22.7 Å². The van der Waals surface area contributed by atoms with Crippen molar-refractivity contribution in [2.75, 3.05) is 37.6 Å². The maximum atomic E-state index is 10.2. The molecule has 2 saturated heterocycles. The van der Waals surface area contributed by atoms with Gasteiger partial charge in [-0.3, -0.25) is 9.56 Å². The molecular formula is C49H52N6OS. The van der Waals surface area contributed by atoms with Crippen molar-refractivity contribution in [1.29, 1.82) is 0 Å². The fraction of sp³-hybridized carbons (Fsp3) is 0.367. The van der Waals surface area contributed by atoms with Gasteiger partial charge in [-0.2, -0.15) is 0 Å². The van der Waals surface area contributed by atoms with Gasteiger partial charge >= 0.3 is 0 Å². The Morgan fingerprint density at radius 2 is 1.53 bits per heavy atom. The van der Waals surface area contributed by atoms with E-state index < -0.39 is 0 Å². The molecule has 1 aliphatic carbocycles. The summed E-state index contributed by atoms with van der Waals surface area (Å²) in [7, 11) is 0. The molecule has 4 aliphatic rings. The molecule has 10 rings (SSSR count). The molecule has 1 N–H and O–H groups in total. The van der Waals surface area contributed by atoms with E-state index in [4.69, 9.17) is 4.99 Å². The van der Waals surface area contributed by atoms with Crippen LogP contribution in [0, 0.1) is 26.7 Å². The number of benzene rings is 4. The molecule has 0 amide bonds. The number of hydrogen-bond donors (Lipinski definition) is 1. The Hall–Kier alpha value is -5.05. The third-order valence-electron chi connectivity index (χ3n) is 13.5. The normalized spacial score (nSPS) is 21.3. The van der Waals surface area contributed by atoms with E-state index in [0.717, 1.165) is 62.3 Å². The highest BCUT2D eigenvalue weighted by molar-refractivity contribution is 7.15. The van der Waals surface area contributed by atoms with E-state index in [9.17, 15) is 5.11 Å². The van der Waals surface area contributed by atoms with Gasteiger partial charge in [-0.05, 0) is 123 Å². The number of phenols is 1. The first kappa shape index (κ1) is 36.3. The van der Waals surface area contributed by atoms with Crippen molar-refractivity contribution < 1.29 is 5.11 Å². The molecule has 7 nitrogen and oxygen atoms in total. The second kappa shape index (κ2) is 14.7. The summed E-state index contributed by atoms with van der Waals surface area (Å²) in [6.45, 7) is 14.3. The number of aliphatic imine (C=N–C) groups is 1. The van der Waals surface area contributed by atoms with E-state index in [0.29, 0.717) is 17.6 Å². The lowest BCUT2D eigenvalue weighted by molar-refractivity contribution is 0.116. The second-order valence-electron chi connectivity index (χ2n) is 17.0. The number of thiophene rings is 1. The molecule has 2 aromatic heterocycles. The Morgan fingerprint density at radius 3 is 2.28 bits per heavy atom. The minimum atomic E-state index is -0.0661. The Morgan fingerprint density at radius 1 is 0.789 bits per heavy atom. The lowest BCUT2D eigenvalue weighted by Gasteiger charge is -2.43. The summed E-state index contributed by atoms with van der Waals surface area (Å²) in [4.78, 5) is 11.8. The molecule has 8 heteroatoms. The van der Waals surface area contributed by atoms with Crippen LogP contribution in [-0.4, -0.2) is 63.2 Å². The van der Waals surface area contributed by atoms with Crippen LogP contribution >= 0.6 is 11.3 Å². The van der Waals surface area contributed by atoms with Crippen LogP contribution in [0.2, 0.25) is 0 Å². The standard InChI is InChI=1S/C49H52N6OS/c1-30-32(3)57-49-45(30)47(50-31(2)48-52-51-33(4)55(48)49)38-12-10-35(11-13-38)40-28-53(29-40)27-34-22-24-54(25-23-34)41-17-14-37(15-18-41)46-43(36-8-6-5-7-9-36)20-16-39-26-42(56)19-21-44(39)46/h5-15,17-19,21,26,31,34,40,43,46,56H,16,20,22-25,27-29H2,1-4H3/t31-,43+,46-/m0/s1. The Kier molecular flexibility index (Phi) is 9.37. The molecule has 0 unspecified atom stereocenters.